The summed E-state index contributed by atoms with van der Waals surface area (Å²) in [5.41, 5.74) is 6.92. The molecule has 0 aromatic heterocycles. The van der Waals surface area contributed by atoms with Crippen LogP contribution in [0.3, 0.4) is 0 Å². The lowest BCUT2D eigenvalue weighted by Gasteiger charge is -2.30. The second-order valence-electron chi connectivity index (χ2n) is 16.7. The Labute approximate surface area is 386 Å². The summed E-state index contributed by atoms with van der Waals surface area (Å²) in [6, 6.07) is 18.7. The van der Waals surface area contributed by atoms with E-state index in [1.807, 2.05) is 104 Å². The molecule has 12 nitrogen and oxygen atoms in total. The van der Waals surface area contributed by atoms with Gasteiger partial charge in [0.25, 0.3) is 0 Å². The number of aryl methyl sites for hydroxylation is 8. The van der Waals surface area contributed by atoms with Crippen LogP contribution >= 0.6 is 14.3 Å². The third-order valence-electron chi connectivity index (χ3n) is 12.6. The molecule has 0 bridgehead atoms. The van der Waals surface area contributed by atoms with Crippen LogP contribution < -0.4 is 79.2 Å². The summed E-state index contributed by atoms with van der Waals surface area (Å²) >= 11 is 0. The molecule has 0 unspecified atom stereocenters. The van der Waals surface area contributed by atoms with Gasteiger partial charge >= 0.3 is 0 Å². The molecule has 0 aliphatic carbocycles. The Morgan fingerprint density at radius 2 is 0.576 bits per heavy atom. The van der Waals surface area contributed by atoms with Gasteiger partial charge in [0.1, 0.15) is 23.0 Å². The summed E-state index contributed by atoms with van der Waals surface area (Å²) in [6.45, 7) is 15.1. The van der Waals surface area contributed by atoms with Crippen LogP contribution in [0.2, 0.25) is 0 Å². The average molecular weight is 935 g/mol. The fraction of sp³-hybridized carbons (Fsp3) is 0.308. The van der Waals surface area contributed by atoms with E-state index in [2.05, 4.69) is 0 Å². The second kappa shape index (κ2) is 17.5. The van der Waals surface area contributed by atoms with Crippen molar-refractivity contribution in [1.82, 2.24) is 0 Å². The second-order valence-corrected chi connectivity index (χ2v) is 22.2. The van der Waals surface area contributed by atoms with Gasteiger partial charge in [-0.15, -0.1) is 0 Å². The monoisotopic (exact) mass is 934 g/mol. The van der Waals surface area contributed by atoms with E-state index in [0.717, 1.165) is 44.5 Å². The van der Waals surface area contributed by atoms with Gasteiger partial charge in [-0.2, -0.15) is 0 Å². The molecule has 2 aliphatic heterocycles. The Morgan fingerprint density at radius 1 is 0.348 bits per heavy atom. The van der Waals surface area contributed by atoms with Crippen LogP contribution in [0.4, 0.5) is 0 Å². The molecular weight excluding hydrogens is 879 g/mol. The highest BCUT2D eigenvalue weighted by Crippen LogP contribution is 2.61. The van der Waals surface area contributed by atoms with Gasteiger partial charge in [-0.3, -0.25) is 0 Å². The summed E-state index contributed by atoms with van der Waals surface area (Å²) in [7, 11) is 1.32. The Hall–Kier alpha value is -6.22. The van der Waals surface area contributed by atoms with Crippen molar-refractivity contribution in [1.29, 1.82) is 0 Å². The Bertz CT molecular complexity index is 2640. The maximum atomic E-state index is 17.5. The molecule has 0 amide bonds. The molecule has 346 valence electrons. The lowest BCUT2D eigenvalue weighted by atomic mass is 10.0. The zero-order valence-corrected chi connectivity index (χ0v) is 41.8. The summed E-state index contributed by atoms with van der Waals surface area (Å²) in [5, 5.41) is 2.69. The van der Waals surface area contributed by atoms with Crippen molar-refractivity contribution >= 4 is 46.1 Å². The van der Waals surface area contributed by atoms with Crippen molar-refractivity contribution in [2.75, 3.05) is 56.2 Å². The van der Waals surface area contributed by atoms with Gasteiger partial charge in [-0.25, -0.2) is 0 Å². The van der Waals surface area contributed by atoms with Crippen molar-refractivity contribution in [3.63, 3.8) is 0 Å². The largest absolute Gasteiger partial charge is 0.496 e. The first-order valence-corrected chi connectivity index (χ1v) is 24.8. The van der Waals surface area contributed by atoms with Gasteiger partial charge in [0.15, 0.2) is 37.3 Å². The van der Waals surface area contributed by atoms with Crippen LogP contribution in [-0.2, 0) is 9.13 Å². The van der Waals surface area contributed by atoms with Crippen LogP contribution in [0.5, 0.6) is 57.5 Å². The van der Waals surface area contributed by atoms with E-state index < -0.39 is 14.3 Å². The topological polar surface area (TPSA) is 126 Å². The SMILES string of the molecule is COc1cc(P(=O)(c2cc(C)c(OC)c(C)c2)c2cc(C)c(OC)c(C)c2)c(-c2c(P(=O)(c3cc(C)c(OC)c(C)c3)c3cc(C)c(OC)c(C)c3)cc(OC)c3c2OCO3)c2c1OCO2. The molecule has 2 aliphatic rings. The smallest absolute Gasteiger partial charge is 0.231 e. The van der Waals surface area contributed by atoms with E-state index in [9.17, 15) is 0 Å². The predicted octanol–water partition coefficient (Wildman–Crippen LogP) is 8.61. The van der Waals surface area contributed by atoms with Crippen molar-refractivity contribution in [3.05, 3.63) is 105 Å². The van der Waals surface area contributed by atoms with Crippen molar-refractivity contribution < 1.29 is 56.5 Å². The van der Waals surface area contributed by atoms with Gasteiger partial charge in [0.05, 0.1) is 42.7 Å². The summed E-state index contributed by atoms with van der Waals surface area (Å²) in [4.78, 5) is 0. The highest BCUT2D eigenvalue weighted by Gasteiger charge is 2.45. The molecule has 0 radical (unpaired) electrons. The van der Waals surface area contributed by atoms with Gasteiger partial charge in [0, 0.05) is 43.0 Å². The zero-order chi connectivity index (χ0) is 47.6. The van der Waals surface area contributed by atoms with Crippen LogP contribution in [-0.4, -0.2) is 56.2 Å². The van der Waals surface area contributed by atoms with E-state index >= 15 is 9.13 Å². The standard InChI is InChI=1S/C52H56O12P2/c1-27-15-35(16-28(2)45(27)57-11)65(53,36-17-29(3)46(58-12)30(4)18-36)41-23-39(55-9)49-51(63-25-61-49)43(41)44-42(24-40(56-10)50-52(44)64-26-62-50)66(54,37-19-31(5)47(59-13)32(6)20-37)38-21-33(7)48(60-14)34(8)22-38/h15-24H,25-26H2,1-14H3. The third-order valence-corrected chi connectivity index (χ3v) is 18.6. The maximum Gasteiger partial charge on any atom is 0.231 e. The number of hydrogen-bond donors (Lipinski definition) is 0. The number of ether oxygens (including phenoxy) is 10. The lowest BCUT2D eigenvalue weighted by molar-refractivity contribution is 0.170. The van der Waals surface area contributed by atoms with Crippen molar-refractivity contribution in [3.8, 4) is 68.6 Å². The summed E-state index contributed by atoms with van der Waals surface area (Å²) in [6.07, 6.45) is 0. The lowest BCUT2D eigenvalue weighted by Crippen LogP contribution is -2.31. The molecule has 0 saturated heterocycles. The fourth-order valence-corrected chi connectivity index (χ4v) is 16.3. The van der Waals surface area contributed by atoms with Crippen LogP contribution in [0.25, 0.3) is 11.1 Å². The molecule has 6 aromatic carbocycles. The number of rotatable bonds is 13. The van der Waals surface area contributed by atoms with Crippen molar-refractivity contribution in [2.24, 2.45) is 0 Å². The Morgan fingerprint density at radius 3 is 0.788 bits per heavy atom. The molecule has 14 heteroatoms. The first-order chi connectivity index (χ1) is 31.5. The van der Waals surface area contributed by atoms with Gasteiger partial charge in [-0.05, 0) is 161 Å². The van der Waals surface area contributed by atoms with Crippen LogP contribution in [0, 0.1) is 55.4 Å². The van der Waals surface area contributed by atoms with Gasteiger partial charge in [0.2, 0.25) is 25.1 Å². The number of benzene rings is 6. The van der Waals surface area contributed by atoms with Crippen LogP contribution in [0.1, 0.15) is 44.5 Å². The molecule has 0 saturated carbocycles. The zero-order valence-electron chi connectivity index (χ0n) is 40.0. The summed E-state index contributed by atoms with van der Waals surface area (Å²) in [5.74, 6) is 4.30. The molecule has 0 N–H and O–H groups in total. The normalized spacial score (nSPS) is 12.9. The number of fused-ring (bicyclic) bond motifs is 2. The minimum Gasteiger partial charge on any atom is -0.496 e. The molecular formula is C52H56O12P2. The molecule has 6 aromatic rings. The molecule has 0 fully saturated rings. The fourth-order valence-electron chi connectivity index (χ4n) is 9.91. The first kappa shape index (κ1) is 46.3. The van der Waals surface area contributed by atoms with E-state index in [-0.39, 0.29) is 36.6 Å². The minimum absolute atomic E-state index is 0.176. The molecule has 8 rings (SSSR count). The number of methoxy groups -OCH3 is 6. The van der Waals surface area contributed by atoms with E-state index in [4.69, 9.17) is 47.4 Å². The summed E-state index contributed by atoms with van der Waals surface area (Å²) < 4.78 is 95.9. The average Bonchev–Trinajstić information content (AvgIpc) is 3.99. The third kappa shape index (κ3) is 7.12. The van der Waals surface area contributed by atoms with Gasteiger partial charge in [-0.1, -0.05) is 0 Å². The number of hydrogen-bond acceptors (Lipinski definition) is 12. The van der Waals surface area contributed by atoms with Gasteiger partial charge < -0.3 is 56.5 Å². The predicted molar refractivity (Wildman–Crippen MR) is 260 cm³/mol. The molecule has 0 atom stereocenters. The highest BCUT2D eigenvalue weighted by atomic mass is 31.2. The molecule has 0 spiro atoms. The Balaban J connectivity index is 1.63. The molecule has 66 heavy (non-hydrogen) atoms. The van der Waals surface area contributed by atoms with Crippen LogP contribution in [0.15, 0.2) is 60.7 Å². The van der Waals surface area contributed by atoms with Crippen molar-refractivity contribution in [2.45, 2.75) is 55.4 Å². The minimum atomic E-state index is -4.11. The quantitative estimate of drug-likeness (QED) is 0.103. The first-order valence-electron chi connectivity index (χ1n) is 21.4. The maximum absolute atomic E-state index is 17.5. The van der Waals surface area contributed by atoms with E-state index in [0.29, 0.717) is 77.5 Å². The molecule has 2 heterocycles. The van der Waals surface area contributed by atoms with E-state index in [1.165, 1.54) is 14.2 Å². The highest BCUT2D eigenvalue weighted by molar-refractivity contribution is 7.86. The van der Waals surface area contributed by atoms with E-state index in [1.54, 1.807) is 40.6 Å². The Kier molecular flexibility index (Phi) is 12.3.